The van der Waals surface area contributed by atoms with Crippen LogP contribution in [0.15, 0.2) is 42.5 Å². The van der Waals surface area contributed by atoms with E-state index in [0.717, 1.165) is 23.1 Å². The van der Waals surface area contributed by atoms with Crippen molar-refractivity contribution in [3.8, 4) is 11.5 Å². The Morgan fingerprint density at radius 3 is 2.64 bits per heavy atom. The maximum Gasteiger partial charge on any atom is 0.229 e. The first-order chi connectivity index (χ1) is 15.8. The van der Waals surface area contributed by atoms with Crippen molar-refractivity contribution in [3.63, 3.8) is 0 Å². The molecule has 2 aliphatic heterocycles. The SMILES string of the molecule is COc1ccc(CNC(=O)C[C@@H]2C[C@H]3c4cc(NS(C)(=O)=O)ccc4O[C@H]3[C@@H](CO)O2)cc1. The van der Waals surface area contributed by atoms with E-state index < -0.39 is 28.3 Å². The number of hydrogen-bond acceptors (Lipinski definition) is 7. The lowest BCUT2D eigenvalue weighted by atomic mass is 9.84. The molecule has 0 aromatic heterocycles. The van der Waals surface area contributed by atoms with Gasteiger partial charge in [0.05, 0.1) is 32.5 Å². The molecule has 2 aromatic carbocycles. The summed E-state index contributed by atoms with van der Waals surface area (Å²) in [7, 11) is -1.82. The van der Waals surface area contributed by atoms with Gasteiger partial charge in [-0.3, -0.25) is 9.52 Å². The molecule has 9 nitrogen and oxygen atoms in total. The minimum Gasteiger partial charge on any atom is -0.497 e. The quantitative estimate of drug-likeness (QED) is 0.531. The van der Waals surface area contributed by atoms with Crippen LogP contribution < -0.4 is 19.5 Å². The summed E-state index contributed by atoms with van der Waals surface area (Å²) in [6, 6.07) is 12.5. The molecule has 10 heteroatoms. The van der Waals surface area contributed by atoms with Gasteiger partial charge in [-0.05, 0) is 42.3 Å². The zero-order chi connectivity index (χ0) is 23.6. The molecule has 0 aliphatic carbocycles. The zero-order valence-corrected chi connectivity index (χ0v) is 19.3. The molecule has 0 spiro atoms. The molecule has 3 N–H and O–H groups in total. The van der Waals surface area contributed by atoms with E-state index in [-0.39, 0.29) is 24.9 Å². The van der Waals surface area contributed by atoms with Crippen LogP contribution in [0.25, 0.3) is 0 Å². The van der Waals surface area contributed by atoms with Crippen LogP contribution in [0.5, 0.6) is 11.5 Å². The largest absolute Gasteiger partial charge is 0.497 e. The average molecular weight is 477 g/mol. The van der Waals surface area contributed by atoms with Gasteiger partial charge in [-0.15, -0.1) is 0 Å². The minimum absolute atomic E-state index is 0.119. The van der Waals surface area contributed by atoms with Gasteiger partial charge in [0.25, 0.3) is 0 Å². The monoisotopic (exact) mass is 476 g/mol. The standard InChI is InChI=1S/C23H28N2O7S/c1-30-16-6-3-14(4-7-16)12-24-22(27)11-17-10-19-18-9-15(25-33(2,28)29)5-8-20(18)32-23(19)21(13-26)31-17/h3-9,17,19,21,23,25-26H,10-13H2,1-2H3,(H,24,27)/t17-,19-,21+,23+/m0/s1. The third kappa shape index (κ3) is 5.58. The van der Waals surface area contributed by atoms with E-state index in [0.29, 0.717) is 24.4 Å². The van der Waals surface area contributed by atoms with E-state index in [2.05, 4.69) is 10.0 Å². The van der Waals surface area contributed by atoms with Crippen molar-refractivity contribution in [2.75, 3.05) is 24.7 Å². The van der Waals surface area contributed by atoms with Crippen LogP contribution in [-0.4, -0.2) is 57.7 Å². The van der Waals surface area contributed by atoms with Gasteiger partial charge in [0.1, 0.15) is 23.7 Å². The molecule has 1 fully saturated rings. The Labute approximate surface area is 193 Å². The highest BCUT2D eigenvalue weighted by Gasteiger charge is 2.46. The first kappa shape index (κ1) is 23.3. The van der Waals surface area contributed by atoms with Crippen molar-refractivity contribution >= 4 is 21.6 Å². The maximum atomic E-state index is 12.6. The van der Waals surface area contributed by atoms with Crippen LogP contribution in [0, 0.1) is 0 Å². The number of amides is 1. The second-order valence-electron chi connectivity index (χ2n) is 8.36. The van der Waals surface area contributed by atoms with Crippen LogP contribution >= 0.6 is 0 Å². The molecule has 33 heavy (non-hydrogen) atoms. The van der Waals surface area contributed by atoms with E-state index in [1.807, 2.05) is 24.3 Å². The van der Waals surface area contributed by atoms with Crippen molar-refractivity contribution < 1.29 is 32.5 Å². The summed E-state index contributed by atoms with van der Waals surface area (Å²) < 4.78 is 42.8. The van der Waals surface area contributed by atoms with Crippen molar-refractivity contribution in [2.24, 2.45) is 0 Å². The number of carbonyl (C=O) groups excluding carboxylic acids is 1. The number of fused-ring (bicyclic) bond motifs is 3. The van der Waals surface area contributed by atoms with Crippen LogP contribution in [-0.2, 0) is 26.1 Å². The van der Waals surface area contributed by atoms with E-state index in [1.165, 1.54) is 0 Å². The number of anilines is 1. The fraction of sp³-hybridized carbons (Fsp3) is 0.435. The lowest BCUT2D eigenvalue weighted by Gasteiger charge is -2.37. The highest BCUT2D eigenvalue weighted by Crippen LogP contribution is 2.47. The van der Waals surface area contributed by atoms with Gasteiger partial charge in [-0.2, -0.15) is 0 Å². The van der Waals surface area contributed by atoms with Gasteiger partial charge in [-0.25, -0.2) is 8.42 Å². The molecular weight excluding hydrogens is 448 g/mol. The molecule has 1 saturated heterocycles. The predicted octanol–water partition coefficient (Wildman–Crippen LogP) is 1.77. The van der Waals surface area contributed by atoms with Crippen LogP contribution in [0.3, 0.4) is 0 Å². The number of rotatable bonds is 8. The minimum atomic E-state index is -3.41. The van der Waals surface area contributed by atoms with Gasteiger partial charge in [-0.1, -0.05) is 12.1 Å². The molecule has 178 valence electrons. The van der Waals surface area contributed by atoms with Crippen LogP contribution in [0.4, 0.5) is 5.69 Å². The van der Waals surface area contributed by atoms with Crippen LogP contribution in [0.1, 0.15) is 29.9 Å². The zero-order valence-electron chi connectivity index (χ0n) is 18.5. The highest BCUT2D eigenvalue weighted by atomic mass is 32.2. The lowest BCUT2D eigenvalue weighted by molar-refractivity contribution is -0.142. The summed E-state index contributed by atoms with van der Waals surface area (Å²) in [6.07, 6.45) is 0.384. The smallest absolute Gasteiger partial charge is 0.229 e. The van der Waals surface area contributed by atoms with Gasteiger partial charge in [0, 0.05) is 23.7 Å². The van der Waals surface area contributed by atoms with Gasteiger partial charge in [0.15, 0.2) is 0 Å². The van der Waals surface area contributed by atoms with E-state index in [4.69, 9.17) is 14.2 Å². The molecule has 0 unspecified atom stereocenters. The normalized spacial score (nSPS) is 23.7. The number of nitrogens with one attached hydrogen (secondary N) is 2. The Kier molecular flexibility index (Phi) is 6.78. The van der Waals surface area contributed by atoms with E-state index in [9.17, 15) is 18.3 Å². The first-order valence-corrected chi connectivity index (χ1v) is 12.6. The summed E-state index contributed by atoms with van der Waals surface area (Å²) in [5.41, 5.74) is 2.24. The lowest BCUT2D eigenvalue weighted by Crippen LogP contribution is -2.47. The third-order valence-electron chi connectivity index (χ3n) is 5.86. The predicted molar refractivity (Wildman–Crippen MR) is 122 cm³/mol. The number of methoxy groups -OCH3 is 1. The Morgan fingerprint density at radius 2 is 1.97 bits per heavy atom. The van der Waals surface area contributed by atoms with Gasteiger partial charge >= 0.3 is 0 Å². The van der Waals surface area contributed by atoms with Gasteiger partial charge in [0.2, 0.25) is 15.9 Å². The molecule has 1 amide bonds. The Morgan fingerprint density at radius 1 is 1.21 bits per heavy atom. The second-order valence-corrected chi connectivity index (χ2v) is 10.1. The number of benzene rings is 2. The summed E-state index contributed by atoms with van der Waals surface area (Å²) in [4.78, 5) is 12.6. The Bertz CT molecular complexity index is 1100. The maximum absolute atomic E-state index is 12.6. The highest BCUT2D eigenvalue weighted by molar-refractivity contribution is 7.92. The number of aliphatic hydroxyl groups is 1. The molecule has 2 heterocycles. The molecule has 0 radical (unpaired) electrons. The summed E-state index contributed by atoms with van der Waals surface area (Å²) >= 11 is 0. The number of sulfonamides is 1. The Hall–Kier alpha value is -2.82. The second kappa shape index (κ2) is 9.58. The summed E-state index contributed by atoms with van der Waals surface area (Å²) in [5, 5.41) is 12.8. The fourth-order valence-corrected chi connectivity index (χ4v) is 4.94. The molecule has 4 rings (SSSR count). The number of aliphatic hydroxyl groups excluding tert-OH is 1. The van der Waals surface area contributed by atoms with Crippen LogP contribution in [0.2, 0.25) is 0 Å². The fourth-order valence-electron chi connectivity index (χ4n) is 4.39. The first-order valence-electron chi connectivity index (χ1n) is 10.7. The van der Waals surface area contributed by atoms with Crippen molar-refractivity contribution in [2.45, 2.75) is 43.6 Å². The third-order valence-corrected chi connectivity index (χ3v) is 6.47. The number of carbonyl (C=O) groups is 1. The molecule has 2 aliphatic rings. The number of ether oxygens (including phenoxy) is 3. The van der Waals surface area contributed by atoms with E-state index >= 15 is 0 Å². The molecule has 2 aromatic rings. The van der Waals surface area contributed by atoms with Crippen molar-refractivity contribution in [3.05, 3.63) is 53.6 Å². The summed E-state index contributed by atoms with van der Waals surface area (Å²) in [5.74, 6) is 1.11. The molecular formula is C23H28N2O7S. The van der Waals surface area contributed by atoms with Gasteiger partial charge < -0.3 is 24.6 Å². The van der Waals surface area contributed by atoms with E-state index in [1.54, 1.807) is 25.3 Å². The molecule has 0 bridgehead atoms. The van der Waals surface area contributed by atoms with Crippen molar-refractivity contribution in [1.29, 1.82) is 0 Å². The molecule has 0 saturated carbocycles. The average Bonchev–Trinajstić information content (AvgIpc) is 3.14. The Balaban J connectivity index is 1.41. The number of hydrogen-bond donors (Lipinski definition) is 3. The topological polar surface area (TPSA) is 123 Å². The summed E-state index contributed by atoms with van der Waals surface area (Å²) in [6.45, 7) is 0.144. The van der Waals surface area contributed by atoms with Crippen molar-refractivity contribution in [1.82, 2.24) is 5.32 Å². The molecule has 4 atom stereocenters.